The van der Waals surface area contributed by atoms with E-state index in [4.69, 9.17) is 4.74 Å². The molecule has 1 aliphatic carbocycles. The van der Waals surface area contributed by atoms with Gasteiger partial charge in [-0.05, 0) is 43.2 Å². The minimum Gasteiger partial charge on any atom is -0.382 e. The van der Waals surface area contributed by atoms with Crippen LogP contribution in [0.4, 0.5) is 0 Å². The van der Waals surface area contributed by atoms with E-state index in [-0.39, 0.29) is 24.0 Å². The Labute approximate surface area is 185 Å². The molecule has 1 saturated carbocycles. The van der Waals surface area contributed by atoms with Crippen molar-refractivity contribution >= 4 is 40.8 Å². The summed E-state index contributed by atoms with van der Waals surface area (Å²) in [7, 11) is 1.83. The molecule has 0 bridgehead atoms. The monoisotopic (exact) mass is 496 g/mol. The van der Waals surface area contributed by atoms with Crippen molar-refractivity contribution in [1.29, 1.82) is 0 Å². The summed E-state index contributed by atoms with van der Waals surface area (Å²) in [6.07, 6.45) is 8.16. The first kappa shape index (κ1) is 22.9. The molecule has 0 saturated heterocycles. The van der Waals surface area contributed by atoms with Crippen molar-refractivity contribution in [3.63, 3.8) is 0 Å². The van der Waals surface area contributed by atoms with Gasteiger partial charge < -0.3 is 15.4 Å². The maximum absolute atomic E-state index is 5.62. The average molecular weight is 496 g/mol. The second-order valence-electron chi connectivity index (χ2n) is 7.43. The number of nitrogens with zero attached hydrogens (tertiary/aromatic N) is 2. The molecule has 2 N–H and O–H groups in total. The number of ether oxygens (including phenoxy) is 1. The highest BCUT2D eigenvalue weighted by molar-refractivity contribution is 14.0. The number of halogens is 1. The van der Waals surface area contributed by atoms with Crippen molar-refractivity contribution in [2.45, 2.75) is 45.6 Å². The van der Waals surface area contributed by atoms with Crippen LogP contribution in [0.3, 0.4) is 0 Å². The van der Waals surface area contributed by atoms with Crippen molar-refractivity contribution in [2.24, 2.45) is 10.4 Å². The number of hydrogen-bond donors (Lipinski definition) is 2. The van der Waals surface area contributed by atoms with Crippen LogP contribution < -0.4 is 10.6 Å². The summed E-state index contributed by atoms with van der Waals surface area (Å²) in [4.78, 5) is 8.95. The predicted molar refractivity (Wildman–Crippen MR) is 127 cm³/mol. The fraction of sp³-hybridized carbons (Fsp3) is 0.545. The first-order valence-corrected chi connectivity index (χ1v) is 10.1. The first-order chi connectivity index (χ1) is 13.3. The third-order valence-electron chi connectivity index (χ3n) is 5.66. The zero-order valence-electron chi connectivity index (χ0n) is 17.0. The van der Waals surface area contributed by atoms with Crippen molar-refractivity contribution in [3.8, 4) is 0 Å². The van der Waals surface area contributed by atoms with E-state index in [9.17, 15) is 0 Å². The van der Waals surface area contributed by atoms with E-state index in [1.54, 1.807) is 0 Å². The molecule has 28 heavy (non-hydrogen) atoms. The summed E-state index contributed by atoms with van der Waals surface area (Å²) in [5, 5.41) is 8.18. The molecule has 5 nitrogen and oxygen atoms in total. The second-order valence-corrected chi connectivity index (χ2v) is 7.43. The molecular weight excluding hydrogens is 463 g/mol. The van der Waals surface area contributed by atoms with Crippen LogP contribution in [-0.2, 0) is 11.3 Å². The Bertz CT molecular complexity index is 754. The molecule has 0 radical (unpaired) electrons. The predicted octanol–water partition coefficient (Wildman–Crippen LogP) is 4.50. The summed E-state index contributed by atoms with van der Waals surface area (Å²) in [5.74, 6) is 0.852. The molecule has 3 rings (SSSR count). The first-order valence-electron chi connectivity index (χ1n) is 10.1. The van der Waals surface area contributed by atoms with Crippen molar-refractivity contribution < 1.29 is 4.74 Å². The fourth-order valence-corrected chi connectivity index (χ4v) is 4.05. The molecular formula is C22H33IN4O. The number of hydrogen-bond acceptors (Lipinski definition) is 3. The summed E-state index contributed by atoms with van der Waals surface area (Å²) in [6.45, 7) is 5.37. The number of aromatic nitrogens is 1. The Morgan fingerprint density at radius 1 is 1.18 bits per heavy atom. The molecule has 0 aliphatic heterocycles. The lowest BCUT2D eigenvalue weighted by atomic mass is 9.83. The lowest BCUT2D eigenvalue weighted by Crippen LogP contribution is -2.43. The minimum absolute atomic E-state index is 0. The van der Waals surface area contributed by atoms with E-state index in [1.807, 2.05) is 19.3 Å². The quantitative estimate of drug-likeness (QED) is 0.245. The van der Waals surface area contributed by atoms with Crippen LogP contribution in [-0.4, -0.2) is 37.7 Å². The maximum Gasteiger partial charge on any atom is 0.191 e. The van der Waals surface area contributed by atoms with E-state index >= 15 is 0 Å². The van der Waals surface area contributed by atoms with Gasteiger partial charge in [0.1, 0.15) is 0 Å². The van der Waals surface area contributed by atoms with Crippen LogP contribution in [0.25, 0.3) is 10.9 Å². The number of pyridine rings is 1. The number of guanidine groups is 1. The van der Waals surface area contributed by atoms with Gasteiger partial charge in [0.2, 0.25) is 0 Å². The topological polar surface area (TPSA) is 58.5 Å². The molecule has 0 spiro atoms. The van der Waals surface area contributed by atoms with E-state index < -0.39 is 0 Å². The van der Waals surface area contributed by atoms with Gasteiger partial charge in [-0.25, -0.2) is 0 Å². The summed E-state index contributed by atoms with van der Waals surface area (Å²) in [5.41, 5.74) is 2.57. The zero-order valence-corrected chi connectivity index (χ0v) is 19.4. The summed E-state index contributed by atoms with van der Waals surface area (Å²) < 4.78 is 5.62. The van der Waals surface area contributed by atoms with Crippen molar-refractivity contribution in [3.05, 3.63) is 42.1 Å². The molecule has 1 aromatic carbocycles. The minimum atomic E-state index is 0. The molecule has 0 amide bonds. The highest BCUT2D eigenvalue weighted by Crippen LogP contribution is 2.40. The third kappa shape index (κ3) is 6.04. The molecule has 1 fully saturated rings. The van der Waals surface area contributed by atoms with Gasteiger partial charge in [0, 0.05) is 44.9 Å². The number of benzene rings is 1. The Balaban J connectivity index is 0.00000280. The average Bonchev–Trinajstić information content (AvgIpc) is 3.17. The number of nitrogens with one attached hydrogen (secondary N) is 2. The Morgan fingerprint density at radius 2 is 1.96 bits per heavy atom. The molecule has 6 heteroatoms. The molecule has 154 valence electrons. The molecule has 0 atom stereocenters. The van der Waals surface area contributed by atoms with Gasteiger partial charge in [-0.1, -0.05) is 37.1 Å². The lowest BCUT2D eigenvalue weighted by molar-refractivity contribution is 0.105. The fourth-order valence-electron chi connectivity index (χ4n) is 4.05. The maximum atomic E-state index is 5.62. The molecule has 1 aromatic heterocycles. The Kier molecular flexibility index (Phi) is 9.44. The molecule has 2 aromatic rings. The zero-order chi connectivity index (χ0) is 19.0. The largest absolute Gasteiger partial charge is 0.382 e. The highest BCUT2D eigenvalue weighted by Gasteiger charge is 2.33. The number of fused-ring (bicyclic) bond motifs is 1. The van der Waals surface area contributed by atoms with Gasteiger partial charge in [-0.2, -0.15) is 0 Å². The number of rotatable bonds is 8. The van der Waals surface area contributed by atoms with Gasteiger partial charge in [-0.3, -0.25) is 9.98 Å². The van der Waals surface area contributed by atoms with Crippen LogP contribution in [0.2, 0.25) is 0 Å². The highest BCUT2D eigenvalue weighted by atomic mass is 127. The van der Waals surface area contributed by atoms with Crippen LogP contribution in [0.5, 0.6) is 0 Å². The van der Waals surface area contributed by atoms with Gasteiger partial charge in [0.25, 0.3) is 0 Å². The lowest BCUT2D eigenvalue weighted by Gasteiger charge is -2.30. The Morgan fingerprint density at radius 3 is 2.71 bits per heavy atom. The van der Waals surface area contributed by atoms with E-state index in [0.29, 0.717) is 12.0 Å². The van der Waals surface area contributed by atoms with Gasteiger partial charge in [0.05, 0.1) is 5.52 Å². The molecule has 1 aliphatic rings. The smallest absolute Gasteiger partial charge is 0.191 e. The third-order valence-corrected chi connectivity index (χ3v) is 5.66. The van der Waals surface area contributed by atoms with Crippen LogP contribution in [0.1, 0.15) is 44.6 Å². The molecule has 0 unspecified atom stereocenters. The SMILES string of the molecule is CCOCCC1(CNC(=NC)NCc2cccc3cccnc23)CCCC1.I. The van der Waals surface area contributed by atoms with Gasteiger partial charge in [0.15, 0.2) is 5.96 Å². The molecule has 1 heterocycles. The number of aliphatic imine (C=N–C) groups is 1. The second kappa shape index (κ2) is 11.6. The van der Waals surface area contributed by atoms with Crippen LogP contribution in [0, 0.1) is 5.41 Å². The summed E-state index contributed by atoms with van der Waals surface area (Å²) in [6, 6.07) is 10.4. The van der Waals surface area contributed by atoms with E-state index in [0.717, 1.165) is 37.7 Å². The number of para-hydroxylation sites is 1. The Hall–Kier alpha value is -1.41. The van der Waals surface area contributed by atoms with Crippen molar-refractivity contribution in [1.82, 2.24) is 15.6 Å². The van der Waals surface area contributed by atoms with Gasteiger partial charge >= 0.3 is 0 Å². The van der Waals surface area contributed by atoms with E-state index in [2.05, 4.69) is 51.8 Å². The van der Waals surface area contributed by atoms with Crippen LogP contribution >= 0.6 is 24.0 Å². The van der Waals surface area contributed by atoms with Crippen LogP contribution in [0.15, 0.2) is 41.5 Å². The normalized spacial score (nSPS) is 16.0. The van der Waals surface area contributed by atoms with Gasteiger partial charge in [-0.15, -0.1) is 24.0 Å². The standard InChI is InChI=1S/C22H32N4O.HI/c1-3-27-15-13-22(11-4-5-12-22)17-26-21(23-2)25-16-19-9-6-8-18-10-7-14-24-20(18)19;/h6-10,14H,3-5,11-13,15-17H2,1-2H3,(H2,23,25,26);1H. The summed E-state index contributed by atoms with van der Waals surface area (Å²) >= 11 is 0. The van der Waals surface area contributed by atoms with E-state index in [1.165, 1.54) is 36.6 Å². The van der Waals surface area contributed by atoms with Crippen molar-refractivity contribution in [2.75, 3.05) is 26.8 Å².